The van der Waals surface area contributed by atoms with Gasteiger partial charge in [0.2, 0.25) is 0 Å². The van der Waals surface area contributed by atoms with E-state index in [0.29, 0.717) is 43.6 Å². The van der Waals surface area contributed by atoms with Gasteiger partial charge in [-0.25, -0.2) is 0 Å². The van der Waals surface area contributed by atoms with Gasteiger partial charge in [-0.2, -0.15) is 0 Å². The maximum atomic E-state index is 14.3. The fourth-order valence-corrected chi connectivity index (χ4v) is 14.5. The summed E-state index contributed by atoms with van der Waals surface area (Å²) in [5, 5.41) is 49.7. The molecule has 4 saturated carbocycles. The normalized spacial score (nSPS) is 50.4. The van der Waals surface area contributed by atoms with E-state index in [-0.39, 0.29) is 47.8 Å². The number of piperidine rings is 1. The molecule has 8 N–H and O–H groups in total. The van der Waals surface area contributed by atoms with Gasteiger partial charge in [0, 0.05) is 29.8 Å². The summed E-state index contributed by atoms with van der Waals surface area (Å²) < 4.78 is 13.8. The van der Waals surface area contributed by atoms with E-state index in [2.05, 4.69) is 19.2 Å². The predicted octanol–water partition coefficient (Wildman–Crippen LogP) is 4.13. The van der Waals surface area contributed by atoms with Crippen molar-refractivity contribution in [3.05, 3.63) is 11.6 Å². The van der Waals surface area contributed by atoms with Crippen molar-refractivity contribution in [3.8, 4) is 0 Å². The van der Waals surface area contributed by atoms with Crippen molar-refractivity contribution in [3.63, 3.8) is 0 Å². The molecule has 9 heteroatoms. The van der Waals surface area contributed by atoms with Crippen molar-refractivity contribution in [2.24, 2.45) is 57.5 Å². The van der Waals surface area contributed by atoms with Crippen LogP contribution in [-0.2, 0) is 14.3 Å². The van der Waals surface area contributed by atoms with Gasteiger partial charge in [-0.05, 0) is 143 Å². The molecule has 7 fully saturated rings. The number of carbonyl (C=O) groups is 1. The zero-order valence-corrected chi connectivity index (χ0v) is 32.7. The Hall–Kier alpha value is -0.910. The van der Waals surface area contributed by atoms with Crippen LogP contribution in [0.5, 0.6) is 0 Å². The van der Waals surface area contributed by atoms with Crippen molar-refractivity contribution in [1.82, 2.24) is 0 Å². The van der Waals surface area contributed by atoms with Crippen molar-refractivity contribution < 1.29 is 40.0 Å². The lowest BCUT2D eigenvalue weighted by Gasteiger charge is -2.63. The van der Waals surface area contributed by atoms with Crippen molar-refractivity contribution >= 4 is 5.78 Å². The van der Waals surface area contributed by atoms with Crippen LogP contribution >= 0.6 is 0 Å². The molecule has 0 spiro atoms. The third kappa shape index (κ3) is 5.54. The molecule has 3 aliphatic heterocycles. The SMILES string of the molecule is C[C@@H]1CCO[C@@]([C@@H]2O[C@@H]2[C@](C)(O)[C@](C)(CO)CCC2CC[NH2+]C(N)C2)([C@@H]2CC[C@]3(O)C4=CC(=O)[C@H]5C[C@@H](O)CC[C@]5(C5CCCC5)[C@@H]4CC[C@]23C)C1. The summed E-state index contributed by atoms with van der Waals surface area (Å²) in [5.41, 5.74) is 2.72. The highest BCUT2D eigenvalue weighted by Crippen LogP contribution is 2.72. The van der Waals surface area contributed by atoms with Crippen LogP contribution in [0.1, 0.15) is 137 Å². The molecule has 5 aliphatic carbocycles. The number of nitrogens with two attached hydrogens (primary N) is 2. The van der Waals surface area contributed by atoms with E-state index in [0.717, 1.165) is 89.2 Å². The molecule has 8 aliphatic rings. The smallest absolute Gasteiger partial charge is 0.159 e. The first-order valence-electron chi connectivity index (χ1n) is 21.5. The molecule has 3 heterocycles. The molecule has 0 radical (unpaired) electrons. The van der Waals surface area contributed by atoms with Crippen LogP contribution in [0.15, 0.2) is 11.6 Å². The lowest BCUT2D eigenvalue weighted by atomic mass is 9.42. The van der Waals surface area contributed by atoms with Gasteiger partial charge in [-0.15, -0.1) is 0 Å². The number of rotatable bonds is 9. The van der Waals surface area contributed by atoms with Crippen molar-refractivity contribution in [2.75, 3.05) is 19.8 Å². The quantitative estimate of drug-likeness (QED) is 0.193. The first-order chi connectivity index (χ1) is 24.6. The summed E-state index contributed by atoms with van der Waals surface area (Å²) in [6.45, 7) is 9.96. The van der Waals surface area contributed by atoms with Crippen LogP contribution in [0.2, 0.25) is 0 Å². The number of fused-ring (bicyclic) bond motifs is 5. The minimum absolute atomic E-state index is 0.0100. The van der Waals surface area contributed by atoms with Crippen molar-refractivity contribution in [2.45, 2.75) is 178 Å². The molecule has 9 nitrogen and oxygen atoms in total. The molecule has 0 aromatic rings. The Morgan fingerprint density at radius 1 is 1.02 bits per heavy atom. The van der Waals surface area contributed by atoms with Gasteiger partial charge in [0.25, 0.3) is 0 Å². The van der Waals surface area contributed by atoms with E-state index in [1.807, 2.05) is 19.9 Å². The molecule has 8 rings (SSSR count). The third-order valence-corrected chi connectivity index (χ3v) is 17.9. The lowest BCUT2D eigenvalue weighted by molar-refractivity contribution is -0.699. The Labute approximate surface area is 312 Å². The number of aliphatic hydroxyl groups is 4. The van der Waals surface area contributed by atoms with Gasteiger partial charge in [0.05, 0.1) is 30.5 Å². The second kappa shape index (κ2) is 13.3. The van der Waals surface area contributed by atoms with Crippen LogP contribution in [0.4, 0.5) is 0 Å². The average molecular weight is 728 g/mol. The molecule has 294 valence electrons. The number of quaternary nitrogens is 1. The molecule has 2 unspecified atom stereocenters. The first kappa shape index (κ1) is 38.0. The number of aliphatic hydroxyl groups excluding tert-OH is 2. The lowest BCUT2D eigenvalue weighted by Crippen LogP contribution is -2.94. The van der Waals surface area contributed by atoms with E-state index in [1.54, 1.807) is 0 Å². The third-order valence-electron chi connectivity index (χ3n) is 17.9. The number of carbonyl (C=O) groups excluding carboxylic acids is 1. The van der Waals surface area contributed by atoms with Crippen LogP contribution < -0.4 is 11.1 Å². The second-order valence-electron chi connectivity index (χ2n) is 20.4. The van der Waals surface area contributed by atoms with Crippen LogP contribution in [0.3, 0.4) is 0 Å². The van der Waals surface area contributed by atoms with Gasteiger partial charge in [0.1, 0.15) is 24.0 Å². The minimum Gasteiger partial charge on any atom is -0.396 e. The van der Waals surface area contributed by atoms with Gasteiger partial charge in [-0.1, -0.05) is 33.6 Å². The topological polar surface area (TPSA) is 162 Å². The van der Waals surface area contributed by atoms with E-state index in [4.69, 9.17) is 15.2 Å². The van der Waals surface area contributed by atoms with Crippen LogP contribution in [0.25, 0.3) is 0 Å². The summed E-state index contributed by atoms with van der Waals surface area (Å²) >= 11 is 0. The van der Waals surface area contributed by atoms with Crippen LogP contribution in [-0.4, -0.2) is 87.2 Å². The first-order valence-corrected chi connectivity index (χ1v) is 21.5. The van der Waals surface area contributed by atoms with E-state index in [9.17, 15) is 25.2 Å². The molecular formula is C43H71N2O7+. The molecule has 0 aromatic heterocycles. The number of allylic oxidation sites excluding steroid dienone is 1. The van der Waals surface area contributed by atoms with Crippen molar-refractivity contribution in [1.29, 1.82) is 0 Å². The number of hydrogen-bond acceptors (Lipinski definition) is 8. The van der Waals surface area contributed by atoms with Crippen LogP contribution in [0, 0.1) is 51.8 Å². The summed E-state index contributed by atoms with van der Waals surface area (Å²) in [5.74, 6) is 1.50. The van der Waals surface area contributed by atoms with E-state index >= 15 is 0 Å². The molecule has 52 heavy (non-hydrogen) atoms. The van der Waals surface area contributed by atoms with Gasteiger partial charge < -0.3 is 35.2 Å². The fraction of sp³-hybridized carbons (Fsp3) is 0.930. The Bertz CT molecular complexity index is 1400. The molecule has 0 amide bonds. The maximum Gasteiger partial charge on any atom is 0.159 e. The monoisotopic (exact) mass is 728 g/mol. The predicted molar refractivity (Wildman–Crippen MR) is 198 cm³/mol. The zero-order chi connectivity index (χ0) is 36.9. The zero-order valence-electron chi connectivity index (χ0n) is 32.7. The summed E-state index contributed by atoms with van der Waals surface area (Å²) in [4.78, 5) is 14.3. The molecule has 0 bridgehead atoms. The maximum absolute atomic E-state index is 14.3. The van der Waals surface area contributed by atoms with Gasteiger partial charge >= 0.3 is 0 Å². The summed E-state index contributed by atoms with van der Waals surface area (Å²) in [6, 6.07) is 0. The highest BCUT2D eigenvalue weighted by molar-refractivity contribution is 5.95. The van der Waals surface area contributed by atoms with Gasteiger partial charge in [-0.3, -0.25) is 10.5 Å². The van der Waals surface area contributed by atoms with E-state index in [1.165, 1.54) is 12.8 Å². The standard InChI is InChI=1S/C43H70N2O7/c1-26-14-20-51-42(24-26,37-36(52-37)40(4,49)38(2,25-46)15-9-27-13-19-45-35(44)21-27)34-12-18-43(50)31-23-33(48)32-22-29(47)10-17-41(32,28-7-5-6-8-28)30(31)11-16-39(34,43)3/h23,26-30,32,34-37,45-47,49-50H,5-22,24-25,44H2,1-4H3/p+1/t26-,27?,29+,30-,32-,34-,35?,36+,37-,38+,39-,40+,41+,42-,43+/m1/s1. The largest absolute Gasteiger partial charge is 0.396 e. The Morgan fingerprint density at radius 2 is 1.79 bits per heavy atom. The number of ketones is 1. The average Bonchev–Trinajstić information content (AvgIpc) is 3.66. The molecule has 3 saturated heterocycles. The Morgan fingerprint density at radius 3 is 2.50 bits per heavy atom. The second-order valence-corrected chi connectivity index (χ2v) is 20.4. The summed E-state index contributed by atoms with van der Waals surface area (Å²) in [7, 11) is 0. The highest BCUT2D eigenvalue weighted by atomic mass is 16.6. The molecule has 0 aromatic carbocycles. The minimum atomic E-state index is -1.29. The van der Waals surface area contributed by atoms with Gasteiger partial charge in [0.15, 0.2) is 5.78 Å². The molecule has 15 atom stereocenters. The summed E-state index contributed by atoms with van der Waals surface area (Å²) in [6.07, 6.45) is 16.2. The Balaban J connectivity index is 1.10. The number of hydrogen-bond donors (Lipinski definition) is 6. The number of epoxide rings is 1. The Kier molecular flexibility index (Phi) is 9.75. The molecular weight excluding hydrogens is 656 g/mol. The fourth-order valence-electron chi connectivity index (χ4n) is 14.5. The highest BCUT2D eigenvalue weighted by Gasteiger charge is 2.75. The number of ether oxygens (including phenoxy) is 2. The van der Waals surface area contributed by atoms with E-state index < -0.39 is 39.8 Å².